The van der Waals surface area contributed by atoms with Crippen LogP contribution in [0.5, 0.6) is 0 Å². The Morgan fingerprint density at radius 1 is 1.50 bits per heavy atom. The second kappa shape index (κ2) is 5.64. The van der Waals surface area contributed by atoms with Crippen molar-refractivity contribution in [1.29, 1.82) is 0 Å². The van der Waals surface area contributed by atoms with E-state index in [1.54, 1.807) is 6.92 Å². The molecule has 0 aliphatic heterocycles. The van der Waals surface area contributed by atoms with E-state index in [-0.39, 0.29) is 12.4 Å². The first-order chi connectivity index (χ1) is 7.65. The molecule has 1 heterocycles. The Labute approximate surface area is 92.1 Å². The number of aromatic nitrogens is 2. The monoisotopic (exact) mass is 224 g/mol. The zero-order chi connectivity index (χ0) is 12.0. The summed E-state index contributed by atoms with van der Waals surface area (Å²) in [5.41, 5.74) is 0. The number of imide groups is 1. The van der Waals surface area contributed by atoms with Crippen molar-refractivity contribution in [1.82, 2.24) is 14.9 Å². The van der Waals surface area contributed by atoms with E-state index in [1.165, 1.54) is 18.6 Å². The molecule has 0 bridgehead atoms. The summed E-state index contributed by atoms with van der Waals surface area (Å²) in [7, 11) is 0. The highest BCUT2D eigenvalue weighted by Gasteiger charge is 2.19. The smallest absolute Gasteiger partial charge is 0.415 e. The van der Waals surface area contributed by atoms with E-state index in [1.807, 2.05) is 0 Å². The maximum absolute atomic E-state index is 11.5. The van der Waals surface area contributed by atoms with Crippen LogP contribution in [-0.4, -0.2) is 38.6 Å². The molecule has 0 aliphatic carbocycles. The predicted molar refractivity (Wildman–Crippen MR) is 56.1 cm³/mol. The Balaban J connectivity index is 2.66. The van der Waals surface area contributed by atoms with Gasteiger partial charge in [-0.05, 0) is 6.42 Å². The number of rotatable bonds is 3. The Bertz CT molecular complexity index is 368. The molecule has 2 N–H and O–H groups in total. The van der Waals surface area contributed by atoms with E-state index >= 15 is 0 Å². The molecule has 1 aromatic heterocycles. The second-order valence-corrected chi connectivity index (χ2v) is 2.96. The van der Waals surface area contributed by atoms with Gasteiger partial charge < -0.3 is 5.11 Å². The van der Waals surface area contributed by atoms with Gasteiger partial charge in [0.15, 0.2) is 5.82 Å². The van der Waals surface area contributed by atoms with E-state index in [2.05, 4.69) is 15.3 Å². The standard InChI is InChI=1S/C9H12N4O3/c1-2-5-13(9(15)16)8(14)12-7-6-10-3-4-11-7/h3-4,6H,2,5H2,1H3,(H,15,16)(H,11,12,14). The van der Waals surface area contributed by atoms with Crippen LogP contribution in [0.15, 0.2) is 18.6 Å². The van der Waals surface area contributed by atoms with Gasteiger partial charge in [-0.25, -0.2) is 19.5 Å². The van der Waals surface area contributed by atoms with Gasteiger partial charge in [-0.1, -0.05) is 6.92 Å². The molecule has 7 heteroatoms. The lowest BCUT2D eigenvalue weighted by atomic mass is 10.4. The van der Waals surface area contributed by atoms with Crippen molar-refractivity contribution in [2.45, 2.75) is 13.3 Å². The summed E-state index contributed by atoms with van der Waals surface area (Å²) in [5.74, 6) is 0.217. The molecule has 0 saturated heterocycles. The fourth-order valence-electron chi connectivity index (χ4n) is 1.05. The largest absolute Gasteiger partial charge is 0.465 e. The summed E-state index contributed by atoms with van der Waals surface area (Å²) in [5, 5.41) is 11.1. The minimum Gasteiger partial charge on any atom is -0.465 e. The van der Waals surface area contributed by atoms with Crippen LogP contribution in [0.1, 0.15) is 13.3 Å². The second-order valence-electron chi connectivity index (χ2n) is 2.96. The van der Waals surface area contributed by atoms with E-state index in [0.29, 0.717) is 11.3 Å². The molecule has 0 aliphatic rings. The molecule has 0 radical (unpaired) electrons. The fraction of sp³-hybridized carbons (Fsp3) is 0.333. The minimum atomic E-state index is -1.29. The maximum Gasteiger partial charge on any atom is 0.415 e. The van der Waals surface area contributed by atoms with Crippen molar-refractivity contribution in [3.63, 3.8) is 0 Å². The van der Waals surface area contributed by atoms with Crippen molar-refractivity contribution in [3.8, 4) is 0 Å². The number of hydrogen-bond acceptors (Lipinski definition) is 4. The van der Waals surface area contributed by atoms with Gasteiger partial charge in [0, 0.05) is 18.9 Å². The maximum atomic E-state index is 11.5. The van der Waals surface area contributed by atoms with Gasteiger partial charge in [0.2, 0.25) is 0 Å². The first kappa shape index (κ1) is 11.9. The summed E-state index contributed by atoms with van der Waals surface area (Å²) >= 11 is 0. The Hall–Kier alpha value is -2.18. The van der Waals surface area contributed by atoms with Gasteiger partial charge >= 0.3 is 12.1 Å². The molecule has 0 unspecified atom stereocenters. The summed E-state index contributed by atoms with van der Waals surface area (Å²) < 4.78 is 0. The van der Waals surface area contributed by atoms with Gasteiger partial charge in [0.05, 0.1) is 6.20 Å². The van der Waals surface area contributed by atoms with Crippen LogP contribution < -0.4 is 5.32 Å². The van der Waals surface area contributed by atoms with Crippen LogP contribution in [0.2, 0.25) is 0 Å². The van der Waals surface area contributed by atoms with Gasteiger partial charge in [-0.3, -0.25) is 10.3 Å². The lowest BCUT2D eigenvalue weighted by Crippen LogP contribution is -2.39. The molecule has 1 rings (SSSR count). The number of nitrogens with one attached hydrogen (secondary N) is 1. The average molecular weight is 224 g/mol. The van der Waals surface area contributed by atoms with Crippen LogP contribution in [0, 0.1) is 0 Å². The molecule has 0 atom stereocenters. The number of nitrogens with zero attached hydrogens (tertiary/aromatic N) is 3. The number of carboxylic acid groups (broad SMARTS) is 1. The minimum absolute atomic E-state index is 0.140. The SMILES string of the molecule is CCCN(C(=O)O)C(=O)Nc1cnccn1. The van der Waals surface area contributed by atoms with E-state index < -0.39 is 12.1 Å². The summed E-state index contributed by atoms with van der Waals surface area (Å²) in [6.45, 7) is 1.92. The molecule has 1 aromatic rings. The Morgan fingerprint density at radius 3 is 2.75 bits per heavy atom. The molecular formula is C9H12N4O3. The molecule has 0 aromatic carbocycles. The molecule has 86 valence electrons. The van der Waals surface area contributed by atoms with Gasteiger partial charge in [0.25, 0.3) is 0 Å². The number of carbonyl (C=O) groups is 2. The van der Waals surface area contributed by atoms with Crippen molar-refractivity contribution >= 4 is 17.9 Å². The average Bonchev–Trinajstić information content (AvgIpc) is 2.26. The predicted octanol–water partition coefficient (Wildman–Crippen LogP) is 1.40. The molecule has 0 spiro atoms. The van der Waals surface area contributed by atoms with Crippen LogP contribution in [0.25, 0.3) is 0 Å². The molecule has 3 amide bonds. The highest BCUT2D eigenvalue weighted by Crippen LogP contribution is 2.01. The van der Waals surface area contributed by atoms with Gasteiger partial charge in [-0.2, -0.15) is 0 Å². The third-order valence-electron chi connectivity index (χ3n) is 1.72. The topological polar surface area (TPSA) is 95.4 Å². The number of anilines is 1. The molecule has 7 nitrogen and oxygen atoms in total. The highest BCUT2D eigenvalue weighted by molar-refractivity contribution is 5.97. The number of amides is 3. The van der Waals surface area contributed by atoms with Crippen LogP contribution in [-0.2, 0) is 0 Å². The number of hydrogen-bond donors (Lipinski definition) is 2. The normalized spacial score (nSPS) is 9.56. The van der Waals surface area contributed by atoms with Crippen LogP contribution in [0.3, 0.4) is 0 Å². The quantitative estimate of drug-likeness (QED) is 0.809. The van der Waals surface area contributed by atoms with Crippen LogP contribution >= 0.6 is 0 Å². The summed E-state index contributed by atoms with van der Waals surface area (Å²) in [4.78, 5) is 30.5. The number of urea groups is 1. The van der Waals surface area contributed by atoms with Gasteiger partial charge in [0.1, 0.15) is 0 Å². The first-order valence-corrected chi connectivity index (χ1v) is 4.72. The van der Waals surface area contributed by atoms with Crippen molar-refractivity contribution in [2.75, 3.05) is 11.9 Å². The van der Waals surface area contributed by atoms with Crippen molar-refractivity contribution in [3.05, 3.63) is 18.6 Å². The Morgan fingerprint density at radius 2 is 2.25 bits per heavy atom. The molecule has 0 fully saturated rings. The van der Waals surface area contributed by atoms with Crippen LogP contribution in [0.4, 0.5) is 15.4 Å². The lowest BCUT2D eigenvalue weighted by molar-refractivity contribution is 0.152. The third-order valence-corrected chi connectivity index (χ3v) is 1.72. The number of carbonyl (C=O) groups excluding carboxylic acids is 1. The van der Waals surface area contributed by atoms with E-state index in [4.69, 9.17) is 5.11 Å². The third kappa shape index (κ3) is 3.19. The van der Waals surface area contributed by atoms with E-state index in [0.717, 1.165) is 0 Å². The van der Waals surface area contributed by atoms with E-state index in [9.17, 15) is 9.59 Å². The summed E-state index contributed by atoms with van der Waals surface area (Å²) in [6.07, 6.45) is 3.46. The zero-order valence-electron chi connectivity index (χ0n) is 8.75. The Kier molecular flexibility index (Phi) is 4.19. The highest BCUT2D eigenvalue weighted by atomic mass is 16.4. The van der Waals surface area contributed by atoms with Crippen molar-refractivity contribution in [2.24, 2.45) is 0 Å². The lowest BCUT2D eigenvalue weighted by Gasteiger charge is -2.16. The van der Waals surface area contributed by atoms with Crippen molar-refractivity contribution < 1.29 is 14.7 Å². The first-order valence-electron chi connectivity index (χ1n) is 4.72. The molecule has 0 saturated carbocycles. The zero-order valence-corrected chi connectivity index (χ0v) is 8.75. The molecular weight excluding hydrogens is 212 g/mol. The summed E-state index contributed by atoms with van der Waals surface area (Å²) in [6, 6.07) is -0.727. The molecule has 16 heavy (non-hydrogen) atoms. The van der Waals surface area contributed by atoms with Gasteiger partial charge in [-0.15, -0.1) is 0 Å². The fourth-order valence-corrected chi connectivity index (χ4v) is 1.05.